The lowest BCUT2D eigenvalue weighted by Gasteiger charge is -2.19. The summed E-state index contributed by atoms with van der Waals surface area (Å²) in [5.41, 5.74) is 2.58. The predicted molar refractivity (Wildman–Crippen MR) is 54.6 cm³/mol. The van der Waals surface area contributed by atoms with Crippen LogP contribution < -0.4 is 5.43 Å². The molecular weight excluding hydrogens is 187 g/mol. The van der Waals surface area contributed by atoms with Gasteiger partial charge in [-0.05, 0) is 16.3 Å². The lowest BCUT2D eigenvalue weighted by atomic mass is 9.92. The van der Waals surface area contributed by atoms with E-state index in [1.165, 1.54) is 11.7 Å². The maximum Gasteiger partial charge on any atom is 0.238 e. The molecule has 0 aromatic carbocycles. The maximum atomic E-state index is 11.4. The number of rotatable bonds is 4. The van der Waals surface area contributed by atoms with Crippen LogP contribution in [0, 0.1) is 11.8 Å². The topological polar surface area (TPSA) is 49.4 Å². The van der Waals surface area contributed by atoms with Gasteiger partial charge in [-0.2, -0.15) is 0 Å². The second kappa shape index (κ2) is 5.30. The molecule has 0 bridgehead atoms. The monoisotopic (exact) mass is 204 g/mol. The Kier molecular flexibility index (Phi) is 5.11. The molecule has 1 amide bonds. The van der Waals surface area contributed by atoms with Gasteiger partial charge in [0.1, 0.15) is 5.78 Å². The van der Waals surface area contributed by atoms with Gasteiger partial charge in [-0.1, -0.05) is 13.8 Å². The summed E-state index contributed by atoms with van der Waals surface area (Å²) in [5, 5.41) is 0. The van der Waals surface area contributed by atoms with E-state index in [1.54, 1.807) is 20.9 Å². The number of amides is 1. The first kappa shape index (κ1) is 12.5. The molecule has 0 heterocycles. The SMILES string of the molecule is CC(=O)[C@@H](C)[C@@H](C)C(=O)NN(C)P. The van der Waals surface area contributed by atoms with E-state index in [0.29, 0.717) is 0 Å². The minimum atomic E-state index is -0.291. The first-order valence-corrected chi connectivity index (χ1v) is 4.67. The Morgan fingerprint density at radius 2 is 1.77 bits per heavy atom. The van der Waals surface area contributed by atoms with E-state index < -0.39 is 0 Å². The van der Waals surface area contributed by atoms with Crippen LogP contribution in [0.2, 0.25) is 0 Å². The molecule has 0 spiro atoms. The van der Waals surface area contributed by atoms with Crippen molar-refractivity contribution in [3.8, 4) is 0 Å². The zero-order valence-electron chi connectivity index (χ0n) is 8.50. The third-order valence-corrected chi connectivity index (χ3v) is 2.22. The van der Waals surface area contributed by atoms with Crippen LogP contribution in [-0.4, -0.2) is 23.5 Å². The minimum Gasteiger partial charge on any atom is -0.300 e. The molecule has 13 heavy (non-hydrogen) atoms. The largest absolute Gasteiger partial charge is 0.300 e. The molecule has 0 saturated carbocycles. The number of nitrogens with zero attached hydrogens (tertiary/aromatic N) is 1. The highest BCUT2D eigenvalue weighted by Crippen LogP contribution is 2.12. The van der Waals surface area contributed by atoms with Gasteiger partial charge >= 0.3 is 0 Å². The molecule has 5 heteroatoms. The molecule has 0 aliphatic rings. The van der Waals surface area contributed by atoms with Crippen LogP contribution in [0.4, 0.5) is 0 Å². The lowest BCUT2D eigenvalue weighted by molar-refractivity contribution is -0.133. The molecule has 4 nitrogen and oxygen atoms in total. The molecule has 0 saturated heterocycles. The third-order valence-electron chi connectivity index (χ3n) is 2.09. The van der Waals surface area contributed by atoms with Crippen molar-refractivity contribution in [1.82, 2.24) is 10.2 Å². The summed E-state index contributed by atoms with van der Waals surface area (Å²) < 4.78 is 1.49. The molecular formula is C8H17N2O2P. The number of Topliss-reactive ketones (excluding diaryl/α,β-unsaturated/α-hetero) is 1. The van der Waals surface area contributed by atoms with Gasteiger partial charge < -0.3 is 0 Å². The summed E-state index contributed by atoms with van der Waals surface area (Å²) in [6.07, 6.45) is 0. The van der Waals surface area contributed by atoms with Crippen LogP contribution in [0.15, 0.2) is 0 Å². The van der Waals surface area contributed by atoms with Gasteiger partial charge in [-0.25, -0.2) is 4.78 Å². The quantitative estimate of drug-likeness (QED) is 0.539. The predicted octanol–water partition coefficient (Wildman–Crippen LogP) is 0.601. The first-order valence-electron chi connectivity index (χ1n) is 4.15. The molecule has 1 N–H and O–H groups in total. The standard InChI is InChI=1S/C8H17N2O2P/c1-5(7(3)11)6(2)8(12)9-10(4)13/h5-6H,13H2,1-4H3,(H,9,12)/t5-,6+/m0/s1. The Balaban J connectivity index is 4.17. The van der Waals surface area contributed by atoms with E-state index in [1.807, 2.05) is 0 Å². The zero-order valence-corrected chi connectivity index (χ0v) is 9.65. The van der Waals surface area contributed by atoms with Crippen molar-refractivity contribution in [3.63, 3.8) is 0 Å². The van der Waals surface area contributed by atoms with Crippen molar-refractivity contribution in [1.29, 1.82) is 0 Å². The Morgan fingerprint density at radius 1 is 1.31 bits per heavy atom. The normalized spacial score (nSPS) is 15.2. The van der Waals surface area contributed by atoms with Crippen LogP contribution >= 0.6 is 9.39 Å². The van der Waals surface area contributed by atoms with Crippen molar-refractivity contribution in [2.75, 3.05) is 7.05 Å². The van der Waals surface area contributed by atoms with Gasteiger partial charge in [0.05, 0.1) is 0 Å². The van der Waals surface area contributed by atoms with Crippen LogP contribution in [0.3, 0.4) is 0 Å². The third kappa shape index (κ3) is 4.34. The molecule has 0 rings (SSSR count). The van der Waals surface area contributed by atoms with Crippen LogP contribution in [0.25, 0.3) is 0 Å². The van der Waals surface area contributed by atoms with Crippen LogP contribution in [-0.2, 0) is 9.59 Å². The second-order valence-corrected chi connectivity index (χ2v) is 4.05. The Labute approximate surface area is 81.3 Å². The number of carbonyl (C=O) groups excluding carboxylic acids is 2. The summed E-state index contributed by atoms with van der Waals surface area (Å²) in [6, 6.07) is 0. The number of nitrogens with one attached hydrogen (secondary N) is 1. The summed E-state index contributed by atoms with van der Waals surface area (Å²) in [4.78, 5) is 22.4. The minimum absolute atomic E-state index is 0.0362. The number of hydrogen-bond acceptors (Lipinski definition) is 3. The first-order chi connectivity index (χ1) is 5.86. The van der Waals surface area contributed by atoms with Gasteiger partial charge in [-0.15, -0.1) is 0 Å². The molecule has 3 atom stereocenters. The zero-order chi connectivity index (χ0) is 10.6. The van der Waals surface area contributed by atoms with Crippen molar-refractivity contribution >= 4 is 21.1 Å². The maximum absolute atomic E-state index is 11.4. The highest BCUT2D eigenvalue weighted by molar-refractivity contribution is 7.13. The Morgan fingerprint density at radius 3 is 2.08 bits per heavy atom. The highest BCUT2D eigenvalue weighted by Gasteiger charge is 2.23. The molecule has 0 radical (unpaired) electrons. The molecule has 0 aromatic rings. The molecule has 0 aromatic heterocycles. The van der Waals surface area contributed by atoms with E-state index >= 15 is 0 Å². The summed E-state index contributed by atoms with van der Waals surface area (Å²) in [6.45, 7) is 5.00. The van der Waals surface area contributed by atoms with E-state index in [-0.39, 0.29) is 23.5 Å². The van der Waals surface area contributed by atoms with Gasteiger partial charge in [0.2, 0.25) is 5.91 Å². The van der Waals surface area contributed by atoms with Crippen LogP contribution in [0.5, 0.6) is 0 Å². The fourth-order valence-electron chi connectivity index (χ4n) is 0.855. The van der Waals surface area contributed by atoms with Crippen molar-refractivity contribution < 1.29 is 9.59 Å². The van der Waals surface area contributed by atoms with E-state index in [9.17, 15) is 9.59 Å². The number of hydrogen-bond donors (Lipinski definition) is 1. The Hall–Kier alpha value is -0.470. The second-order valence-electron chi connectivity index (χ2n) is 3.27. The van der Waals surface area contributed by atoms with Crippen molar-refractivity contribution in [2.45, 2.75) is 20.8 Å². The van der Waals surface area contributed by atoms with E-state index in [2.05, 4.69) is 14.8 Å². The van der Waals surface area contributed by atoms with Crippen LogP contribution in [0.1, 0.15) is 20.8 Å². The van der Waals surface area contributed by atoms with Gasteiger partial charge in [0.25, 0.3) is 0 Å². The summed E-state index contributed by atoms with van der Waals surface area (Å²) in [5.74, 6) is -0.625. The number of ketones is 1. The molecule has 76 valence electrons. The smallest absolute Gasteiger partial charge is 0.238 e. The van der Waals surface area contributed by atoms with E-state index in [4.69, 9.17) is 0 Å². The number of carbonyl (C=O) groups is 2. The molecule has 0 aliphatic carbocycles. The summed E-state index contributed by atoms with van der Waals surface area (Å²) >= 11 is 0. The average molecular weight is 204 g/mol. The van der Waals surface area contributed by atoms with E-state index in [0.717, 1.165) is 0 Å². The van der Waals surface area contributed by atoms with Crippen molar-refractivity contribution in [2.24, 2.45) is 11.8 Å². The molecule has 0 fully saturated rings. The van der Waals surface area contributed by atoms with Gasteiger partial charge in [0.15, 0.2) is 0 Å². The molecule has 1 unspecified atom stereocenters. The number of hydrazine groups is 1. The highest BCUT2D eigenvalue weighted by atomic mass is 31.0. The fraction of sp³-hybridized carbons (Fsp3) is 0.750. The van der Waals surface area contributed by atoms with Crippen molar-refractivity contribution in [3.05, 3.63) is 0 Å². The Bertz CT molecular complexity index is 206. The van der Waals surface area contributed by atoms with Gasteiger partial charge in [-0.3, -0.25) is 15.0 Å². The average Bonchev–Trinajstić information content (AvgIpc) is 2.00. The molecule has 0 aliphatic heterocycles. The summed E-state index contributed by atoms with van der Waals surface area (Å²) in [7, 11) is 4.02. The lowest BCUT2D eigenvalue weighted by Crippen LogP contribution is -2.39. The fourth-order valence-corrected chi connectivity index (χ4v) is 0.982. The van der Waals surface area contributed by atoms with Gasteiger partial charge in [0, 0.05) is 18.9 Å².